The third-order valence-electron chi connectivity index (χ3n) is 5.29. The number of nitrogens with one attached hydrogen (secondary N) is 2. The average Bonchev–Trinajstić information content (AvgIpc) is 3.30. The number of aromatic amines is 1. The van der Waals surface area contributed by atoms with E-state index >= 15 is 0 Å². The Kier molecular flexibility index (Phi) is 4.21. The molecular weight excluding hydrogens is 382 g/mol. The molecule has 3 aromatic carbocycles. The van der Waals surface area contributed by atoms with Gasteiger partial charge in [0.1, 0.15) is 6.61 Å². The largest absolute Gasteiger partial charge is 0.478 e. The number of anilines is 1. The Morgan fingerprint density at radius 1 is 1.00 bits per heavy atom. The highest BCUT2D eigenvalue weighted by atomic mass is 16.5. The predicted molar refractivity (Wildman–Crippen MR) is 112 cm³/mol. The van der Waals surface area contributed by atoms with Crippen molar-refractivity contribution in [1.82, 2.24) is 9.97 Å². The molecule has 1 aromatic heterocycles. The summed E-state index contributed by atoms with van der Waals surface area (Å²) >= 11 is 0. The van der Waals surface area contributed by atoms with Gasteiger partial charge in [-0.15, -0.1) is 0 Å². The second kappa shape index (κ2) is 7.04. The van der Waals surface area contributed by atoms with E-state index < -0.39 is 12.1 Å². The lowest BCUT2D eigenvalue weighted by atomic mass is 9.98. The molecule has 0 atom stereocenters. The number of fused-ring (bicyclic) bond motifs is 4. The molecule has 1 aliphatic carbocycles. The molecule has 0 spiro atoms. The molecule has 0 radical (unpaired) electrons. The molecule has 7 heteroatoms. The third kappa shape index (κ3) is 3.06. The molecule has 0 aliphatic heterocycles. The fourth-order valence-electron chi connectivity index (χ4n) is 3.93. The van der Waals surface area contributed by atoms with E-state index in [0.717, 1.165) is 22.3 Å². The van der Waals surface area contributed by atoms with Gasteiger partial charge in [0.25, 0.3) is 0 Å². The number of imidazole rings is 1. The lowest BCUT2D eigenvalue weighted by Gasteiger charge is -2.14. The van der Waals surface area contributed by atoms with Gasteiger partial charge in [0.2, 0.25) is 5.95 Å². The number of hydrogen-bond donors (Lipinski definition) is 3. The number of rotatable bonds is 4. The molecule has 1 aliphatic rings. The summed E-state index contributed by atoms with van der Waals surface area (Å²) in [4.78, 5) is 30.6. The van der Waals surface area contributed by atoms with Crippen LogP contribution in [0.25, 0.3) is 22.2 Å². The number of ether oxygens (including phenoxy) is 1. The van der Waals surface area contributed by atoms with Gasteiger partial charge in [-0.05, 0) is 40.5 Å². The molecule has 0 saturated heterocycles. The average molecular weight is 399 g/mol. The monoisotopic (exact) mass is 399 g/mol. The van der Waals surface area contributed by atoms with E-state index in [9.17, 15) is 9.59 Å². The maximum absolute atomic E-state index is 12.4. The first kappa shape index (κ1) is 17.9. The summed E-state index contributed by atoms with van der Waals surface area (Å²) in [6.45, 7) is 0.198. The third-order valence-corrected chi connectivity index (χ3v) is 5.29. The molecule has 4 aromatic rings. The van der Waals surface area contributed by atoms with Gasteiger partial charge in [0, 0.05) is 5.92 Å². The van der Waals surface area contributed by atoms with E-state index in [0.29, 0.717) is 11.0 Å². The summed E-state index contributed by atoms with van der Waals surface area (Å²) in [7, 11) is 0. The predicted octanol–water partition coefficient (Wildman–Crippen LogP) is 4.62. The molecule has 148 valence electrons. The standard InChI is InChI=1S/C23H17N3O4/c27-21(28)13-9-10-19-20(11-13)25-22(24-19)26-23(29)30-12-18-16-7-3-1-5-14(16)15-6-2-4-8-17(15)18/h1-11,18H,12H2,(H,27,28)(H2,24,25,26,29). The summed E-state index contributed by atoms with van der Waals surface area (Å²) in [5.74, 6) is -0.862. The zero-order chi connectivity index (χ0) is 20.7. The van der Waals surface area contributed by atoms with Crippen molar-refractivity contribution in [1.29, 1.82) is 0 Å². The van der Waals surface area contributed by atoms with Crippen LogP contribution < -0.4 is 5.32 Å². The lowest BCUT2D eigenvalue weighted by Crippen LogP contribution is -2.18. The summed E-state index contributed by atoms with van der Waals surface area (Å²) < 4.78 is 5.50. The zero-order valence-electron chi connectivity index (χ0n) is 15.8. The van der Waals surface area contributed by atoms with E-state index in [1.807, 2.05) is 24.3 Å². The Balaban J connectivity index is 1.31. The maximum Gasteiger partial charge on any atom is 0.414 e. The molecule has 0 bridgehead atoms. The first-order valence-electron chi connectivity index (χ1n) is 9.45. The highest BCUT2D eigenvalue weighted by Crippen LogP contribution is 2.44. The SMILES string of the molecule is O=C(Nc1nc2ccc(C(=O)O)cc2[nH]1)OCC1c2ccccc2-c2ccccc21. The van der Waals surface area contributed by atoms with Crippen LogP contribution in [-0.2, 0) is 4.74 Å². The van der Waals surface area contributed by atoms with Crippen LogP contribution in [0.15, 0.2) is 66.7 Å². The molecule has 0 fully saturated rings. The van der Waals surface area contributed by atoms with E-state index in [2.05, 4.69) is 39.6 Å². The number of hydrogen-bond acceptors (Lipinski definition) is 4. The van der Waals surface area contributed by atoms with Gasteiger partial charge in [-0.25, -0.2) is 14.6 Å². The van der Waals surface area contributed by atoms with Crippen LogP contribution in [0.1, 0.15) is 27.4 Å². The van der Waals surface area contributed by atoms with E-state index in [1.54, 1.807) is 6.07 Å². The number of carboxylic acid groups (broad SMARTS) is 1. The first-order chi connectivity index (χ1) is 14.6. The minimum Gasteiger partial charge on any atom is -0.478 e. The second-order valence-electron chi connectivity index (χ2n) is 7.07. The number of carboxylic acids is 1. The van der Waals surface area contributed by atoms with Crippen molar-refractivity contribution in [3.05, 3.63) is 83.4 Å². The highest BCUT2D eigenvalue weighted by Gasteiger charge is 2.29. The molecule has 30 heavy (non-hydrogen) atoms. The van der Waals surface area contributed by atoms with Gasteiger partial charge < -0.3 is 14.8 Å². The molecule has 0 unspecified atom stereocenters. The van der Waals surface area contributed by atoms with Gasteiger partial charge in [-0.2, -0.15) is 0 Å². The Labute approximate surface area is 171 Å². The van der Waals surface area contributed by atoms with Crippen molar-refractivity contribution in [3.8, 4) is 11.1 Å². The molecule has 3 N–H and O–H groups in total. The quantitative estimate of drug-likeness (QED) is 0.464. The van der Waals surface area contributed by atoms with Gasteiger partial charge in [0.15, 0.2) is 0 Å². The minimum absolute atomic E-state index is 0.0306. The fourth-order valence-corrected chi connectivity index (χ4v) is 3.93. The van der Waals surface area contributed by atoms with Gasteiger partial charge in [-0.1, -0.05) is 48.5 Å². The van der Waals surface area contributed by atoms with Crippen LogP contribution in [0.2, 0.25) is 0 Å². The number of benzene rings is 3. The molecule has 5 rings (SSSR count). The van der Waals surface area contributed by atoms with E-state index in [4.69, 9.17) is 9.84 Å². The molecule has 1 amide bonds. The van der Waals surface area contributed by atoms with Crippen LogP contribution in [0.4, 0.5) is 10.7 Å². The van der Waals surface area contributed by atoms with Crippen LogP contribution in [-0.4, -0.2) is 33.7 Å². The van der Waals surface area contributed by atoms with Crippen molar-refractivity contribution < 1.29 is 19.4 Å². The van der Waals surface area contributed by atoms with E-state index in [-0.39, 0.29) is 24.0 Å². The van der Waals surface area contributed by atoms with Crippen molar-refractivity contribution >= 4 is 29.0 Å². The number of aromatic nitrogens is 2. The van der Waals surface area contributed by atoms with Crippen LogP contribution in [0, 0.1) is 0 Å². The Bertz CT molecular complexity index is 1250. The Morgan fingerprint density at radius 2 is 1.67 bits per heavy atom. The Hall–Kier alpha value is -4.13. The number of amides is 1. The number of H-pyrrole nitrogens is 1. The summed E-state index contributed by atoms with van der Waals surface area (Å²) in [5, 5.41) is 11.7. The van der Waals surface area contributed by atoms with Crippen molar-refractivity contribution in [2.45, 2.75) is 5.92 Å². The first-order valence-corrected chi connectivity index (χ1v) is 9.45. The lowest BCUT2D eigenvalue weighted by molar-refractivity contribution is 0.0697. The van der Waals surface area contributed by atoms with Crippen molar-refractivity contribution in [3.63, 3.8) is 0 Å². The zero-order valence-corrected chi connectivity index (χ0v) is 15.8. The second-order valence-corrected chi connectivity index (χ2v) is 7.07. The van der Waals surface area contributed by atoms with Crippen LogP contribution in [0.3, 0.4) is 0 Å². The number of aromatic carboxylic acids is 1. The molecule has 7 nitrogen and oxygen atoms in total. The van der Waals surface area contributed by atoms with Crippen LogP contribution in [0.5, 0.6) is 0 Å². The minimum atomic E-state index is -1.03. The summed E-state index contributed by atoms with van der Waals surface area (Å²) in [5.41, 5.74) is 5.80. The smallest absolute Gasteiger partial charge is 0.414 e. The van der Waals surface area contributed by atoms with Crippen molar-refractivity contribution in [2.24, 2.45) is 0 Å². The molecule has 0 saturated carbocycles. The molecular formula is C23H17N3O4. The number of carbonyl (C=O) groups is 2. The normalized spacial score (nSPS) is 12.4. The van der Waals surface area contributed by atoms with Gasteiger partial charge >= 0.3 is 12.1 Å². The van der Waals surface area contributed by atoms with E-state index in [1.165, 1.54) is 12.1 Å². The summed E-state index contributed by atoms with van der Waals surface area (Å²) in [6, 6.07) is 20.7. The molecule has 1 heterocycles. The number of carbonyl (C=O) groups excluding carboxylic acids is 1. The Morgan fingerprint density at radius 3 is 2.33 bits per heavy atom. The van der Waals surface area contributed by atoms with Gasteiger partial charge in [-0.3, -0.25) is 5.32 Å². The highest BCUT2D eigenvalue weighted by molar-refractivity contribution is 5.93. The van der Waals surface area contributed by atoms with Crippen molar-refractivity contribution in [2.75, 3.05) is 11.9 Å². The topological polar surface area (TPSA) is 104 Å². The maximum atomic E-state index is 12.4. The fraction of sp³-hybridized carbons (Fsp3) is 0.0870. The number of nitrogens with zero attached hydrogens (tertiary/aromatic N) is 1. The van der Waals surface area contributed by atoms with Gasteiger partial charge in [0.05, 0.1) is 16.6 Å². The summed E-state index contributed by atoms with van der Waals surface area (Å²) in [6.07, 6.45) is -0.630. The van der Waals surface area contributed by atoms with Crippen LogP contribution >= 0.6 is 0 Å².